The summed E-state index contributed by atoms with van der Waals surface area (Å²) in [4.78, 5) is 4.01. The number of halogens is 1. The minimum atomic E-state index is -3.22. The van der Waals surface area contributed by atoms with E-state index in [1.165, 1.54) is 12.3 Å². The minimum Gasteiger partial charge on any atom is -0.371 e. The molecule has 1 aromatic rings. The van der Waals surface area contributed by atoms with Crippen molar-refractivity contribution in [1.29, 1.82) is 0 Å². The zero-order chi connectivity index (χ0) is 17.2. The van der Waals surface area contributed by atoms with Crippen molar-refractivity contribution in [2.45, 2.75) is 44.2 Å². The highest BCUT2D eigenvalue weighted by Gasteiger charge is 2.45. The predicted octanol–water partition coefficient (Wildman–Crippen LogP) is 2.00. The zero-order valence-electron chi connectivity index (χ0n) is 13.9. The normalized spacial score (nSPS) is 28.3. The summed E-state index contributed by atoms with van der Waals surface area (Å²) in [6.07, 6.45) is 4.41. The molecule has 0 aliphatic carbocycles. The molecule has 1 N–H and O–H groups in total. The number of ether oxygens (including phenoxy) is 1. The second kappa shape index (κ2) is 6.93. The first kappa shape index (κ1) is 17.6. The van der Waals surface area contributed by atoms with Crippen molar-refractivity contribution >= 4 is 15.8 Å². The maximum atomic E-state index is 13.7. The second-order valence-electron chi connectivity index (χ2n) is 6.63. The van der Waals surface area contributed by atoms with Gasteiger partial charge in [-0.05, 0) is 31.4 Å². The molecule has 2 aliphatic rings. The van der Waals surface area contributed by atoms with E-state index in [0.29, 0.717) is 32.5 Å². The highest BCUT2D eigenvalue weighted by Crippen LogP contribution is 2.36. The summed E-state index contributed by atoms with van der Waals surface area (Å²) in [5.41, 5.74) is -0.470. The van der Waals surface area contributed by atoms with Crippen LogP contribution >= 0.6 is 0 Å². The standard InChI is InChI=1S/C16H24FN3O3S/c1-2-9-24(21,22)20-8-4-6-16(12-20)10-13(11-23-16)19-15-14(17)5-3-7-18-15/h3,5,7,13H,2,4,6,8-12H2,1H3,(H,18,19)/t13-,16-/m0/s1. The number of pyridine rings is 1. The molecule has 0 amide bonds. The van der Waals surface area contributed by atoms with Crippen LogP contribution in [0.15, 0.2) is 18.3 Å². The second-order valence-corrected chi connectivity index (χ2v) is 8.71. The Kier molecular flexibility index (Phi) is 5.08. The van der Waals surface area contributed by atoms with E-state index >= 15 is 0 Å². The average molecular weight is 357 g/mol. The molecule has 0 saturated carbocycles. The van der Waals surface area contributed by atoms with Crippen molar-refractivity contribution in [1.82, 2.24) is 9.29 Å². The fourth-order valence-corrected chi connectivity index (χ4v) is 5.20. The van der Waals surface area contributed by atoms with Crippen LogP contribution in [0.5, 0.6) is 0 Å². The molecule has 1 spiro atoms. The molecule has 3 heterocycles. The molecular weight excluding hydrogens is 333 g/mol. The molecule has 8 heteroatoms. The maximum absolute atomic E-state index is 13.7. The minimum absolute atomic E-state index is 0.0665. The van der Waals surface area contributed by atoms with Gasteiger partial charge >= 0.3 is 0 Å². The molecule has 6 nitrogen and oxygen atoms in total. The first-order valence-electron chi connectivity index (χ1n) is 8.43. The van der Waals surface area contributed by atoms with Crippen molar-refractivity contribution in [2.75, 3.05) is 30.8 Å². The first-order valence-corrected chi connectivity index (χ1v) is 10.0. The Morgan fingerprint density at radius 3 is 3.12 bits per heavy atom. The van der Waals surface area contributed by atoms with Crippen molar-refractivity contribution in [3.8, 4) is 0 Å². The molecular formula is C16H24FN3O3S. The Morgan fingerprint density at radius 2 is 2.38 bits per heavy atom. The molecule has 134 valence electrons. The summed E-state index contributed by atoms with van der Waals surface area (Å²) in [6, 6.07) is 2.84. The van der Waals surface area contributed by atoms with Gasteiger partial charge in [-0.25, -0.2) is 17.8 Å². The van der Waals surface area contributed by atoms with Crippen LogP contribution in [0.1, 0.15) is 32.6 Å². The summed E-state index contributed by atoms with van der Waals surface area (Å²) >= 11 is 0. The number of nitrogens with one attached hydrogen (secondary N) is 1. The van der Waals surface area contributed by atoms with Crippen LogP contribution in [0.2, 0.25) is 0 Å². The molecule has 0 radical (unpaired) electrons. The summed E-state index contributed by atoms with van der Waals surface area (Å²) in [6.45, 7) is 3.24. The van der Waals surface area contributed by atoms with Gasteiger partial charge in [-0.3, -0.25) is 0 Å². The maximum Gasteiger partial charge on any atom is 0.214 e. The number of piperidine rings is 1. The third-order valence-electron chi connectivity index (χ3n) is 4.67. The van der Waals surface area contributed by atoms with E-state index in [-0.39, 0.29) is 17.6 Å². The topological polar surface area (TPSA) is 71.5 Å². The molecule has 0 unspecified atom stereocenters. The average Bonchev–Trinajstić information content (AvgIpc) is 2.92. The SMILES string of the molecule is CCCS(=O)(=O)N1CCC[C@]2(C[C@H](Nc3ncccc3F)CO2)C1. The number of nitrogens with zero attached hydrogens (tertiary/aromatic N) is 2. The van der Waals surface area contributed by atoms with Crippen molar-refractivity contribution < 1.29 is 17.5 Å². The van der Waals surface area contributed by atoms with Crippen LogP contribution < -0.4 is 5.32 Å². The van der Waals surface area contributed by atoms with E-state index in [1.807, 2.05) is 6.92 Å². The van der Waals surface area contributed by atoms with E-state index in [0.717, 1.165) is 12.8 Å². The van der Waals surface area contributed by atoms with Gasteiger partial charge in [0.15, 0.2) is 11.6 Å². The highest BCUT2D eigenvalue weighted by atomic mass is 32.2. The Hall–Kier alpha value is -1.25. The Bertz CT molecular complexity index is 685. The fourth-order valence-electron chi connectivity index (χ4n) is 3.59. The lowest BCUT2D eigenvalue weighted by molar-refractivity contribution is -0.0329. The van der Waals surface area contributed by atoms with Crippen LogP contribution in [0.3, 0.4) is 0 Å². The smallest absolute Gasteiger partial charge is 0.214 e. The molecule has 2 fully saturated rings. The highest BCUT2D eigenvalue weighted by molar-refractivity contribution is 7.89. The molecule has 0 bridgehead atoms. The number of rotatable bonds is 5. The van der Waals surface area contributed by atoms with Crippen LogP contribution in [0.25, 0.3) is 0 Å². The van der Waals surface area contributed by atoms with Crippen molar-refractivity contribution in [2.24, 2.45) is 0 Å². The largest absolute Gasteiger partial charge is 0.371 e. The lowest BCUT2D eigenvalue weighted by Crippen LogP contribution is -2.50. The van der Waals surface area contributed by atoms with Gasteiger partial charge in [0.2, 0.25) is 10.0 Å². The van der Waals surface area contributed by atoms with Crippen molar-refractivity contribution in [3.63, 3.8) is 0 Å². The lowest BCUT2D eigenvalue weighted by Gasteiger charge is -2.39. The molecule has 24 heavy (non-hydrogen) atoms. The number of hydrogen-bond acceptors (Lipinski definition) is 5. The van der Waals surface area contributed by atoms with E-state index in [2.05, 4.69) is 10.3 Å². The van der Waals surface area contributed by atoms with Gasteiger partial charge in [-0.15, -0.1) is 0 Å². The van der Waals surface area contributed by atoms with Gasteiger partial charge in [0.25, 0.3) is 0 Å². The van der Waals surface area contributed by atoms with E-state index < -0.39 is 21.4 Å². The van der Waals surface area contributed by atoms with Crippen molar-refractivity contribution in [3.05, 3.63) is 24.1 Å². The van der Waals surface area contributed by atoms with Crippen LogP contribution in [-0.4, -0.2) is 54.8 Å². The molecule has 2 atom stereocenters. The van der Waals surface area contributed by atoms with Gasteiger partial charge in [0.1, 0.15) is 0 Å². The Morgan fingerprint density at radius 1 is 1.54 bits per heavy atom. The predicted molar refractivity (Wildman–Crippen MR) is 89.8 cm³/mol. The monoisotopic (exact) mass is 357 g/mol. The summed E-state index contributed by atoms with van der Waals surface area (Å²) in [7, 11) is -3.22. The van der Waals surface area contributed by atoms with Crippen LogP contribution in [0.4, 0.5) is 10.2 Å². The molecule has 0 aromatic carbocycles. The zero-order valence-corrected chi connectivity index (χ0v) is 14.7. The number of anilines is 1. The molecule has 2 aliphatic heterocycles. The van der Waals surface area contributed by atoms with Gasteiger partial charge in [-0.1, -0.05) is 6.92 Å². The van der Waals surface area contributed by atoms with E-state index in [9.17, 15) is 12.8 Å². The molecule has 2 saturated heterocycles. The van der Waals surface area contributed by atoms with Gasteiger partial charge in [0, 0.05) is 25.7 Å². The van der Waals surface area contributed by atoms with Gasteiger partial charge in [-0.2, -0.15) is 4.31 Å². The number of sulfonamides is 1. The molecule has 1 aromatic heterocycles. The van der Waals surface area contributed by atoms with Crippen LogP contribution in [-0.2, 0) is 14.8 Å². The fraction of sp³-hybridized carbons (Fsp3) is 0.688. The quantitative estimate of drug-likeness (QED) is 0.873. The Balaban J connectivity index is 1.66. The van der Waals surface area contributed by atoms with Crippen LogP contribution in [0, 0.1) is 5.82 Å². The number of hydrogen-bond donors (Lipinski definition) is 1. The van der Waals surface area contributed by atoms with Gasteiger partial charge in [0.05, 0.1) is 24.0 Å². The third kappa shape index (κ3) is 3.70. The summed E-state index contributed by atoms with van der Waals surface area (Å²) < 4.78 is 46.0. The summed E-state index contributed by atoms with van der Waals surface area (Å²) in [5.74, 6) is -0.00662. The van der Waals surface area contributed by atoms with Gasteiger partial charge < -0.3 is 10.1 Å². The number of aromatic nitrogens is 1. The lowest BCUT2D eigenvalue weighted by atomic mass is 9.90. The molecule has 3 rings (SSSR count). The van der Waals surface area contributed by atoms with E-state index in [4.69, 9.17) is 4.74 Å². The third-order valence-corrected chi connectivity index (χ3v) is 6.69. The summed E-state index contributed by atoms with van der Waals surface area (Å²) in [5, 5.41) is 3.08. The Labute approximate surface area is 142 Å². The first-order chi connectivity index (χ1) is 11.4. The van der Waals surface area contributed by atoms with E-state index in [1.54, 1.807) is 10.4 Å².